The van der Waals surface area contributed by atoms with Crippen molar-refractivity contribution in [2.75, 3.05) is 107 Å². The van der Waals surface area contributed by atoms with E-state index in [4.69, 9.17) is 101 Å². The van der Waals surface area contributed by atoms with Gasteiger partial charge in [0.15, 0.2) is 11.6 Å². The van der Waals surface area contributed by atoms with Gasteiger partial charge in [-0.3, -0.25) is 58.1 Å². The fourth-order valence-electron chi connectivity index (χ4n) is 14.9. The van der Waals surface area contributed by atoms with E-state index in [9.17, 15) is 82.8 Å². The van der Waals surface area contributed by atoms with Gasteiger partial charge in [-0.05, 0) is 131 Å². The molecule has 5 saturated heterocycles. The van der Waals surface area contributed by atoms with Gasteiger partial charge in [0, 0.05) is 241 Å². The van der Waals surface area contributed by atoms with Crippen LogP contribution in [0.4, 0.5) is 0 Å². The van der Waals surface area contributed by atoms with E-state index in [1.807, 2.05) is 121 Å². The van der Waals surface area contributed by atoms with Gasteiger partial charge in [0.1, 0.15) is 11.8 Å². The summed E-state index contributed by atoms with van der Waals surface area (Å²) < 4.78 is 0. The van der Waals surface area contributed by atoms with Gasteiger partial charge < -0.3 is 73.8 Å². The van der Waals surface area contributed by atoms with Crippen LogP contribution in [0, 0.1) is 0 Å². The van der Waals surface area contributed by atoms with Crippen LogP contribution in [0.3, 0.4) is 0 Å². The van der Waals surface area contributed by atoms with E-state index in [0.717, 1.165) is 136 Å². The lowest BCUT2D eigenvalue weighted by molar-refractivity contribution is -0.141. The highest BCUT2D eigenvalue weighted by atomic mass is 35.5. The second-order valence-corrected chi connectivity index (χ2v) is 48.7. The number of halogens is 5. The maximum absolute atomic E-state index is 12.7. The predicted octanol–water partition coefficient (Wildman–Crippen LogP) is 15.5. The first-order chi connectivity index (χ1) is 68.7. The monoisotopic (exact) mass is 2270 g/mol. The average Bonchev–Trinajstić information content (AvgIpc) is 0.853. The van der Waals surface area contributed by atoms with Crippen LogP contribution in [0.25, 0.3) is 0 Å². The van der Waals surface area contributed by atoms with Gasteiger partial charge in [-0.15, -0.1) is 0 Å². The number of carboxylic acids is 8. The average molecular weight is 2280 g/mol. The molecule has 0 saturated carbocycles. The third-order valence-corrected chi connectivity index (χ3v) is 38.5. The lowest BCUT2D eigenvalue weighted by Gasteiger charge is -2.34. The molecule has 0 aromatic heterocycles. The Balaban J connectivity index is 0.000000279. The molecule has 0 bridgehead atoms. The summed E-state index contributed by atoms with van der Waals surface area (Å²) in [5, 5.41) is 90.6. The van der Waals surface area contributed by atoms with Crippen LogP contribution in [-0.4, -0.2) is 305 Å². The van der Waals surface area contributed by atoms with Gasteiger partial charge in [-0.2, -0.15) is 0 Å². The molecule has 32 nitrogen and oxygen atoms in total. The Kier molecular flexibility index (Phi) is 60.7. The van der Waals surface area contributed by atoms with Crippen molar-refractivity contribution < 1.29 is 108 Å². The number of carboxylic acid groups (broad SMARTS) is 8. The predicted molar refractivity (Wildman–Crippen MR) is 587 cm³/mol. The molecule has 9 atom stereocenters. The standard InChI is InChI=1S/C26H34ClN3O7S2.C20H25ClN2O5S2.C19H23ClN2O5S2.C16H21ClN2O2S2.C16H20ClNO3S2/c1-16(31)20(28)6-8-24(33)29-21(22(32)7-9-25(34)35)15-38-39-23-10-11-30(14-18(23)12-26(36)37)13-17-4-2-3-5-19(17)27;21-15-4-2-1-3-13(15)10-23-8-7-18(14(11-23)9-20(27)28)30-29-12-16(22)17(24)5-6-19(25)26;1-12(23)21-16(19(26)27)11-28-29-17-6-7-22(10-14(17)8-18(24)25)9-13-4-2-3-5-15(13)20;17-14-4-2-1-3-12(14)10-19-7-5-15(23-22-8-6-18)13(11-19)9-16(20)21;17-14-4-2-1-3-12(14)10-18-6-5-15(23-22-8-7-19)13(11-18)9-16(20)21/h2-5,12,20-21,23H,6-11,13-15,28H2,1H3,(H,29,33)(H,34,35)(H,36,37);1-4,9,16,18H,5-8,10-12,22H2,(H,25,26)(H,27,28);2-5,8,16-17H,6-7,9-11H2,1H3,(H,21,23)(H,24,25)(H,26,27);1-4,9,15H,5-8,10-11,18H2,(H,20,21);1-4,9,15,19H,5-8,10-11H2,(H,20,21)/b18-12-;14-9-;14-8-;2*13-9-/t;;16-,17?;;/m..0../s1. The fourth-order valence-corrected chi connectivity index (χ4v) is 29.5. The molecular weight excluding hydrogens is 2160 g/mol. The van der Waals surface area contributed by atoms with E-state index >= 15 is 0 Å². The summed E-state index contributed by atoms with van der Waals surface area (Å²) >= 11 is 31.2. The fraction of sp³-hybridized carbons (Fsp3) is 0.454. The van der Waals surface area contributed by atoms with Crippen molar-refractivity contribution >= 4 is 243 Å². The highest BCUT2D eigenvalue weighted by Gasteiger charge is 2.34. The van der Waals surface area contributed by atoms with E-state index in [1.54, 1.807) is 43.2 Å². The third kappa shape index (κ3) is 50.2. The minimum absolute atomic E-state index is 0.00918. The molecule has 5 heterocycles. The summed E-state index contributed by atoms with van der Waals surface area (Å²) in [4.78, 5) is 159. The maximum atomic E-state index is 12.7. The molecule has 10 rings (SSSR count). The Bertz CT molecular complexity index is 5160. The van der Waals surface area contributed by atoms with Crippen LogP contribution in [0.1, 0.15) is 112 Å². The van der Waals surface area contributed by atoms with Crippen molar-refractivity contribution in [3.63, 3.8) is 0 Å². The molecule has 5 aliphatic rings. The first-order valence-corrected chi connectivity index (χ1v) is 59.5. The van der Waals surface area contributed by atoms with Gasteiger partial charge in [0.25, 0.3) is 0 Å². The van der Waals surface area contributed by atoms with Crippen molar-refractivity contribution in [3.8, 4) is 0 Å². The van der Waals surface area contributed by atoms with E-state index in [2.05, 4.69) is 35.1 Å². The molecule has 47 heteroatoms. The first kappa shape index (κ1) is 126. The molecule has 8 unspecified atom stereocenters. The van der Waals surface area contributed by atoms with E-state index in [-0.39, 0.29) is 94.5 Å². The molecule has 17 N–H and O–H groups in total. The SMILES string of the molecule is CC(=O)C(N)CCC(=O)NC(CSSC1CCN(Cc2ccccc2Cl)C/C1=C/C(=O)O)C(=O)CCC(=O)O.CC(=O)N[C@@H](CSSC1CCN(Cc2ccccc2Cl)C/C1=C/C(=O)O)C(=O)O.NC(CSSC1CCN(Cc2ccccc2Cl)C/C1=C/C(=O)O)C(=O)CCC(=O)O.NCCSSC1CCN(Cc2ccccc2Cl)C/C1=C/C(=O)O.O=C(O)/C=C1/CN(Cc2ccccc2Cl)CCC1SSCCO. The molecule has 5 aliphatic heterocycles. The molecular formula is C97H123Cl5N10O22S10. The number of rotatable bonds is 50. The van der Waals surface area contributed by atoms with Crippen LogP contribution in [-0.2, 0) is 95.1 Å². The van der Waals surface area contributed by atoms with Crippen LogP contribution >= 0.6 is 166 Å². The van der Waals surface area contributed by atoms with Gasteiger partial charge in [0.2, 0.25) is 11.8 Å². The number of aliphatic hydroxyl groups excluding tert-OH is 1. The molecule has 2 amide bonds. The topological polar surface area (TPSA) is 522 Å². The minimum atomic E-state index is -1.12. The number of aliphatic carboxylic acids is 8. The Morgan fingerprint density at radius 1 is 0.368 bits per heavy atom. The number of hydrogen-bond acceptors (Lipinski definition) is 32. The molecule has 5 aromatic carbocycles. The van der Waals surface area contributed by atoms with Crippen LogP contribution < -0.4 is 27.8 Å². The first-order valence-electron chi connectivity index (χ1n) is 45.7. The zero-order valence-electron chi connectivity index (χ0n) is 79.2. The Hall–Kier alpha value is -6.90. The Labute approximate surface area is 903 Å². The number of nitrogens with one attached hydrogen (secondary N) is 2. The van der Waals surface area contributed by atoms with Gasteiger partial charge in [-0.1, -0.05) is 257 Å². The Morgan fingerprint density at radius 3 is 0.910 bits per heavy atom. The number of ketones is 3. The molecule has 5 aromatic rings. The zero-order valence-corrected chi connectivity index (χ0v) is 91.2. The number of likely N-dealkylation sites (tertiary alicyclic amines) is 5. The summed E-state index contributed by atoms with van der Waals surface area (Å²) in [6, 6.07) is 34.8. The normalized spacial score (nSPS) is 19.6. The molecule has 0 aliphatic carbocycles. The number of hydrogen-bond donors (Lipinski definition) is 14. The number of piperidine rings is 5. The molecule has 0 spiro atoms. The largest absolute Gasteiger partial charge is 0.481 e. The van der Waals surface area contributed by atoms with Crippen molar-refractivity contribution in [1.82, 2.24) is 35.1 Å². The summed E-state index contributed by atoms with van der Waals surface area (Å²) in [6.45, 7) is 13.6. The summed E-state index contributed by atoms with van der Waals surface area (Å²) in [5.74, 6) is -7.58. The third-order valence-electron chi connectivity index (χ3n) is 22.1. The van der Waals surface area contributed by atoms with Crippen LogP contribution in [0.2, 0.25) is 25.1 Å². The Morgan fingerprint density at radius 2 is 0.646 bits per heavy atom. The summed E-state index contributed by atoms with van der Waals surface area (Å²) in [7, 11) is 15.2. The molecule has 788 valence electrons. The minimum Gasteiger partial charge on any atom is -0.481 e. The van der Waals surface area contributed by atoms with Crippen molar-refractivity contribution in [2.24, 2.45) is 17.2 Å². The zero-order chi connectivity index (χ0) is 106. The highest BCUT2D eigenvalue weighted by Crippen LogP contribution is 2.43. The van der Waals surface area contributed by atoms with Crippen molar-refractivity contribution in [3.05, 3.63) is 233 Å². The van der Waals surface area contributed by atoms with Crippen molar-refractivity contribution in [2.45, 2.75) is 168 Å². The van der Waals surface area contributed by atoms with Crippen LogP contribution in [0.5, 0.6) is 0 Å². The van der Waals surface area contributed by atoms with Crippen molar-refractivity contribution in [1.29, 1.82) is 0 Å². The van der Waals surface area contributed by atoms with E-state index < -0.39 is 89.5 Å². The number of nitrogens with two attached hydrogens (primary N) is 3. The molecule has 5 fully saturated rings. The van der Waals surface area contributed by atoms with E-state index in [1.165, 1.54) is 109 Å². The van der Waals surface area contributed by atoms with E-state index in [0.29, 0.717) is 98.4 Å². The quantitative estimate of drug-likeness (QED) is 0.00977. The number of aliphatic hydroxyl groups is 1. The lowest BCUT2D eigenvalue weighted by atomic mass is 10.0. The van der Waals surface area contributed by atoms with Gasteiger partial charge in [0.05, 0.1) is 37.6 Å². The van der Waals surface area contributed by atoms with Gasteiger partial charge >= 0.3 is 47.8 Å². The maximum Gasteiger partial charge on any atom is 0.328 e. The second kappa shape index (κ2) is 69.5. The summed E-state index contributed by atoms with van der Waals surface area (Å²) in [6.07, 6.45) is 9.61. The second-order valence-electron chi connectivity index (χ2n) is 33.5. The number of carbonyl (C=O) groups excluding carboxylic acids is 5. The van der Waals surface area contributed by atoms with Gasteiger partial charge in [-0.25, -0.2) is 28.8 Å². The number of amides is 2. The highest BCUT2D eigenvalue weighted by molar-refractivity contribution is 8.78. The number of Topliss-reactive ketones (excluding diaryl/α,β-unsaturated/α-hetero) is 3. The molecule has 144 heavy (non-hydrogen) atoms. The lowest BCUT2D eigenvalue weighted by Crippen LogP contribution is -2.43. The number of benzene rings is 5. The molecule has 0 radical (unpaired) electrons. The number of carbonyl (C=O) groups is 13. The van der Waals surface area contributed by atoms with Crippen LogP contribution in [0.15, 0.2) is 180 Å². The number of nitrogens with zero attached hydrogens (tertiary/aromatic N) is 5. The summed E-state index contributed by atoms with van der Waals surface area (Å²) in [5.41, 5.74) is 26.3. The smallest absolute Gasteiger partial charge is 0.328 e.